The molecular weight excluding hydrogens is 313 g/mol. The molecule has 1 heterocycles. The zero-order chi connectivity index (χ0) is 14.4. The van der Waals surface area contributed by atoms with Crippen molar-refractivity contribution < 1.29 is 13.9 Å². The van der Waals surface area contributed by atoms with Crippen molar-refractivity contribution in [2.45, 2.75) is 45.9 Å². The van der Waals surface area contributed by atoms with E-state index < -0.39 is 5.60 Å². The third kappa shape index (κ3) is 2.91. The smallest absolute Gasteiger partial charge is 0.411 e. The van der Waals surface area contributed by atoms with Gasteiger partial charge in [-0.2, -0.15) is 0 Å². The van der Waals surface area contributed by atoms with Crippen LogP contribution in [0.2, 0.25) is 0 Å². The summed E-state index contributed by atoms with van der Waals surface area (Å²) >= 11 is 3.17. The Morgan fingerprint density at radius 1 is 1.47 bits per heavy atom. The maximum Gasteiger partial charge on any atom is 0.411 e. The summed E-state index contributed by atoms with van der Waals surface area (Å²) in [5, 5.41) is 0. The van der Waals surface area contributed by atoms with Crippen molar-refractivity contribution in [3.8, 4) is 0 Å². The molecule has 0 spiro atoms. The molecule has 1 amide bonds. The first kappa shape index (κ1) is 14.3. The molecule has 19 heavy (non-hydrogen) atoms. The number of ether oxygens (including phenoxy) is 1. The second-order valence-corrected chi connectivity index (χ2v) is 6.60. The molecule has 104 valence electrons. The minimum atomic E-state index is -0.530. The Kier molecular flexibility index (Phi) is 3.60. The SMILES string of the molecule is CC1c2cc(Br)c(F)cc2CN1C(=O)OC(C)(C)C. The summed E-state index contributed by atoms with van der Waals surface area (Å²) in [6, 6.07) is 3.10. The second-order valence-electron chi connectivity index (χ2n) is 5.75. The maximum absolute atomic E-state index is 13.5. The van der Waals surface area contributed by atoms with Crippen molar-refractivity contribution in [2.75, 3.05) is 0 Å². The summed E-state index contributed by atoms with van der Waals surface area (Å²) in [6.45, 7) is 7.79. The predicted molar refractivity (Wildman–Crippen MR) is 74.3 cm³/mol. The van der Waals surface area contributed by atoms with Crippen LogP contribution in [-0.4, -0.2) is 16.6 Å². The molecule has 0 saturated carbocycles. The van der Waals surface area contributed by atoms with Crippen molar-refractivity contribution >= 4 is 22.0 Å². The molecule has 1 aliphatic heterocycles. The van der Waals surface area contributed by atoms with E-state index >= 15 is 0 Å². The van der Waals surface area contributed by atoms with E-state index in [0.717, 1.165) is 11.1 Å². The number of amides is 1. The predicted octanol–water partition coefficient (Wildman–Crippen LogP) is 4.40. The topological polar surface area (TPSA) is 29.5 Å². The van der Waals surface area contributed by atoms with Gasteiger partial charge in [-0.05, 0) is 66.9 Å². The van der Waals surface area contributed by atoms with E-state index in [0.29, 0.717) is 11.0 Å². The lowest BCUT2D eigenvalue weighted by Gasteiger charge is -2.27. The fraction of sp³-hybridized carbons (Fsp3) is 0.500. The largest absolute Gasteiger partial charge is 0.444 e. The van der Waals surface area contributed by atoms with Gasteiger partial charge >= 0.3 is 6.09 Å². The molecule has 5 heteroatoms. The van der Waals surface area contributed by atoms with Crippen molar-refractivity contribution in [3.05, 3.63) is 33.5 Å². The normalized spacial score (nSPS) is 18.4. The van der Waals surface area contributed by atoms with E-state index in [1.54, 1.807) is 11.0 Å². The lowest BCUT2D eigenvalue weighted by Crippen LogP contribution is -2.34. The number of rotatable bonds is 0. The highest BCUT2D eigenvalue weighted by atomic mass is 79.9. The molecule has 0 aliphatic carbocycles. The molecule has 1 aromatic carbocycles. The maximum atomic E-state index is 13.5. The Balaban J connectivity index is 2.24. The van der Waals surface area contributed by atoms with Crippen LogP contribution in [0.5, 0.6) is 0 Å². The molecule has 2 rings (SSSR count). The molecule has 0 fully saturated rings. The van der Waals surface area contributed by atoms with Crippen LogP contribution >= 0.6 is 15.9 Å². The van der Waals surface area contributed by atoms with Crippen molar-refractivity contribution in [1.29, 1.82) is 0 Å². The van der Waals surface area contributed by atoms with Gasteiger partial charge in [0.15, 0.2) is 0 Å². The van der Waals surface area contributed by atoms with Crippen LogP contribution in [0.3, 0.4) is 0 Å². The molecule has 0 N–H and O–H groups in total. The number of carbonyl (C=O) groups excluding carboxylic acids is 1. The van der Waals surface area contributed by atoms with Gasteiger partial charge in [0.05, 0.1) is 17.1 Å². The number of nitrogens with zero attached hydrogens (tertiary/aromatic N) is 1. The number of hydrogen-bond acceptors (Lipinski definition) is 2. The molecule has 0 bridgehead atoms. The Morgan fingerprint density at radius 3 is 2.68 bits per heavy atom. The van der Waals surface area contributed by atoms with Crippen LogP contribution < -0.4 is 0 Å². The highest BCUT2D eigenvalue weighted by Gasteiger charge is 2.34. The van der Waals surface area contributed by atoms with E-state index in [1.807, 2.05) is 27.7 Å². The third-order valence-electron chi connectivity index (χ3n) is 3.07. The standard InChI is InChI=1S/C14H17BrFNO2/c1-8-10-6-11(15)12(16)5-9(10)7-17(8)13(18)19-14(2,3)4/h5-6,8H,7H2,1-4H3. The van der Waals surface area contributed by atoms with Gasteiger partial charge in [-0.25, -0.2) is 9.18 Å². The fourth-order valence-corrected chi connectivity index (χ4v) is 2.52. The lowest BCUT2D eigenvalue weighted by molar-refractivity contribution is 0.0187. The summed E-state index contributed by atoms with van der Waals surface area (Å²) in [5.41, 5.74) is 1.26. The number of carbonyl (C=O) groups is 1. The number of benzene rings is 1. The lowest BCUT2D eigenvalue weighted by atomic mass is 10.1. The minimum absolute atomic E-state index is 0.109. The van der Waals surface area contributed by atoms with Gasteiger partial charge in [-0.1, -0.05) is 0 Å². The minimum Gasteiger partial charge on any atom is -0.444 e. The first-order valence-electron chi connectivity index (χ1n) is 6.16. The molecule has 1 atom stereocenters. The van der Waals surface area contributed by atoms with Crippen molar-refractivity contribution in [2.24, 2.45) is 0 Å². The molecule has 1 aromatic rings. The van der Waals surface area contributed by atoms with Crippen molar-refractivity contribution in [3.63, 3.8) is 0 Å². The summed E-state index contributed by atoms with van der Waals surface area (Å²) in [7, 11) is 0. The zero-order valence-corrected chi connectivity index (χ0v) is 13.0. The molecule has 1 unspecified atom stereocenters. The van der Waals surface area contributed by atoms with Gasteiger partial charge in [-0.3, -0.25) is 4.90 Å². The molecule has 3 nitrogen and oxygen atoms in total. The Labute approximate surface area is 120 Å². The average Bonchev–Trinajstić information content (AvgIpc) is 2.55. The van der Waals surface area contributed by atoms with Crippen LogP contribution in [0, 0.1) is 5.82 Å². The summed E-state index contributed by atoms with van der Waals surface area (Å²) in [4.78, 5) is 13.7. The Bertz CT molecular complexity index is 525. The zero-order valence-electron chi connectivity index (χ0n) is 11.5. The third-order valence-corrected chi connectivity index (χ3v) is 3.68. The van der Waals surface area contributed by atoms with Gasteiger partial charge in [0.1, 0.15) is 11.4 Å². The number of halogens is 2. The second kappa shape index (κ2) is 4.78. The monoisotopic (exact) mass is 329 g/mol. The number of hydrogen-bond donors (Lipinski definition) is 0. The van der Waals surface area contributed by atoms with E-state index in [1.165, 1.54) is 6.07 Å². The molecule has 1 aliphatic rings. The van der Waals surface area contributed by atoms with Gasteiger partial charge in [0, 0.05) is 0 Å². The molecule has 0 radical (unpaired) electrons. The van der Waals surface area contributed by atoms with Crippen LogP contribution in [0.1, 0.15) is 44.9 Å². The highest BCUT2D eigenvalue weighted by Crippen LogP contribution is 2.36. The van der Waals surface area contributed by atoms with Gasteiger partial charge in [-0.15, -0.1) is 0 Å². The van der Waals surface area contributed by atoms with Crippen LogP contribution in [0.15, 0.2) is 16.6 Å². The van der Waals surface area contributed by atoms with Gasteiger partial charge in [0.25, 0.3) is 0 Å². The molecule has 0 aromatic heterocycles. The van der Waals surface area contributed by atoms with Crippen LogP contribution in [-0.2, 0) is 11.3 Å². The van der Waals surface area contributed by atoms with Crippen molar-refractivity contribution in [1.82, 2.24) is 4.90 Å². The Hall–Kier alpha value is -1.10. The first-order chi connectivity index (χ1) is 8.69. The van der Waals surface area contributed by atoms with E-state index in [4.69, 9.17) is 4.74 Å². The van der Waals surface area contributed by atoms with Crippen LogP contribution in [0.4, 0.5) is 9.18 Å². The highest BCUT2D eigenvalue weighted by molar-refractivity contribution is 9.10. The summed E-state index contributed by atoms with van der Waals surface area (Å²) in [5.74, 6) is -0.308. The summed E-state index contributed by atoms with van der Waals surface area (Å²) < 4.78 is 19.3. The average molecular weight is 330 g/mol. The van der Waals surface area contributed by atoms with E-state index in [2.05, 4.69) is 15.9 Å². The fourth-order valence-electron chi connectivity index (χ4n) is 2.16. The van der Waals surface area contributed by atoms with Crippen LogP contribution in [0.25, 0.3) is 0 Å². The number of fused-ring (bicyclic) bond motifs is 1. The first-order valence-corrected chi connectivity index (χ1v) is 6.96. The van der Waals surface area contributed by atoms with Gasteiger partial charge < -0.3 is 4.74 Å². The molecule has 0 saturated heterocycles. The van der Waals surface area contributed by atoms with Gasteiger partial charge in [0.2, 0.25) is 0 Å². The van der Waals surface area contributed by atoms with E-state index in [-0.39, 0.29) is 18.0 Å². The Morgan fingerprint density at radius 2 is 2.11 bits per heavy atom. The summed E-state index contributed by atoms with van der Waals surface area (Å²) in [6.07, 6.45) is -0.368. The molecular formula is C14H17BrFNO2. The van der Waals surface area contributed by atoms with E-state index in [9.17, 15) is 9.18 Å². The quantitative estimate of drug-likeness (QED) is 0.706.